The predicted molar refractivity (Wildman–Crippen MR) is 135 cm³/mol. The van der Waals surface area contributed by atoms with Crippen LogP contribution < -0.4 is 0 Å². The summed E-state index contributed by atoms with van der Waals surface area (Å²) in [5.74, 6) is 0.375. The SMILES string of the molecule is CC(C)c1ccc(S(=O)(=O)N2CCC(C(=O)N3CCCC3c3nc4ccccc4s3)CC2)cc1. The maximum absolute atomic E-state index is 13.5. The number of carbonyl (C=O) groups excluding carboxylic acids is 1. The summed E-state index contributed by atoms with van der Waals surface area (Å²) in [6, 6.07) is 15.3. The minimum Gasteiger partial charge on any atom is -0.333 e. The van der Waals surface area contributed by atoms with Gasteiger partial charge in [0.05, 0.1) is 21.2 Å². The van der Waals surface area contributed by atoms with Crippen molar-refractivity contribution < 1.29 is 13.2 Å². The summed E-state index contributed by atoms with van der Waals surface area (Å²) >= 11 is 1.67. The molecule has 3 heterocycles. The molecule has 0 bridgehead atoms. The molecule has 8 heteroatoms. The molecule has 1 amide bonds. The van der Waals surface area contributed by atoms with Gasteiger partial charge in [0, 0.05) is 25.6 Å². The number of sulfonamides is 1. The second-order valence-corrected chi connectivity index (χ2v) is 12.6. The van der Waals surface area contributed by atoms with Crippen LogP contribution in [0.2, 0.25) is 0 Å². The van der Waals surface area contributed by atoms with Crippen LogP contribution in [0.1, 0.15) is 62.1 Å². The van der Waals surface area contributed by atoms with Gasteiger partial charge in [0.1, 0.15) is 5.01 Å². The highest BCUT2D eigenvalue weighted by Crippen LogP contribution is 2.38. The first-order valence-corrected chi connectivity index (χ1v) is 14.4. The highest BCUT2D eigenvalue weighted by molar-refractivity contribution is 7.89. The fourth-order valence-electron chi connectivity index (χ4n) is 5.07. The van der Waals surface area contributed by atoms with Gasteiger partial charge in [-0.15, -0.1) is 11.3 Å². The molecule has 2 aromatic carbocycles. The van der Waals surface area contributed by atoms with Crippen LogP contribution in [0.4, 0.5) is 0 Å². The third kappa shape index (κ3) is 4.39. The van der Waals surface area contributed by atoms with Crippen LogP contribution in [0.25, 0.3) is 10.2 Å². The van der Waals surface area contributed by atoms with E-state index in [-0.39, 0.29) is 17.9 Å². The smallest absolute Gasteiger partial charge is 0.243 e. The van der Waals surface area contributed by atoms with E-state index in [1.807, 2.05) is 35.2 Å². The van der Waals surface area contributed by atoms with E-state index >= 15 is 0 Å². The average Bonchev–Trinajstić information content (AvgIpc) is 3.50. The Kier molecular flexibility index (Phi) is 6.48. The summed E-state index contributed by atoms with van der Waals surface area (Å²) in [7, 11) is -3.54. The summed E-state index contributed by atoms with van der Waals surface area (Å²) in [5.41, 5.74) is 2.11. The molecular weight excluding hydrogens is 466 g/mol. The fourth-order valence-corrected chi connectivity index (χ4v) is 7.66. The molecule has 1 atom stereocenters. The van der Waals surface area contributed by atoms with Gasteiger partial charge in [0.15, 0.2) is 0 Å². The van der Waals surface area contributed by atoms with Crippen molar-refractivity contribution in [3.05, 3.63) is 59.1 Å². The first-order chi connectivity index (χ1) is 16.3. The van der Waals surface area contributed by atoms with E-state index < -0.39 is 10.0 Å². The number of hydrogen-bond donors (Lipinski definition) is 0. The molecule has 5 rings (SSSR count). The largest absolute Gasteiger partial charge is 0.333 e. The van der Waals surface area contributed by atoms with Crippen LogP contribution in [0, 0.1) is 5.92 Å². The lowest BCUT2D eigenvalue weighted by Gasteiger charge is -2.34. The first kappa shape index (κ1) is 23.5. The second-order valence-electron chi connectivity index (χ2n) is 9.61. The van der Waals surface area contributed by atoms with E-state index in [1.54, 1.807) is 23.5 Å². The number of carbonyl (C=O) groups is 1. The topological polar surface area (TPSA) is 70.6 Å². The van der Waals surface area contributed by atoms with Crippen LogP contribution >= 0.6 is 11.3 Å². The van der Waals surface area contributed by atoms with Crippen molar-refractivity contribution in [2.45, 2.75) is 56.4 Å². The van der Waals surface area contributed by atoms with E-state index in [0.717, 1.165) is 40.2 Å². The molecule has 0 spiro atoms. The molecule has 0 aliphatic carbocycles. The van der Waals surface area contributed by atoms with Gasteiger partial charge in [-0.2, -0.15) is 4.31 Å². The van der Waals surface area contributed by atoms with Gasteiger partial charge in [-0.3, -0.25) is 4.79 Å². The molecule has 6 nitrogen and oxygen atoms in total. The molecule has 0 radical (unpaired) electrons. The summed E-state index contributed by atoms with van der Waals surface area (Å²) < 4.78 is 29.0. The molecule has 2 aliphatic heterocycles. The van der Waals surface area contributed by atoms with Crippen molar-refractivity contribution in [1.29, 1.82) is 0 Å². The molecule has 3 aromatic rings. The van der Waals surface area contributed by atoms with Gasteiger partial charge in [0.2, 0.25) is 15.9 Å². The zero-order valence-electron chi connectivity index (χ0n) is 19.7. The lowest BCUT2D eigenvalue weighted by Crippen LogP contribution is -2.44. The summed E-state index contributed by atoms with van der Waals surface area (Å²) in [6.45, 7) is 5.69. The van der Waals surface area contributed by atoms with Gasteiger partial charge in [0.25, 0.3) is 0 Å². The highest BCUT2D eigenvalue weighted by atomic mass is 32.2. The Bertz CT molecular complexity index is 1240. The maximum Gasteiger partial charge on any atom is 0.243 e. The van der Waals surface area contributed by atoms with Crippen molar-refractivity contribution in [3.63, 3.8) is 0 Å². The number of piperidine rings is 1. The number of likely N-dealkylation sites (tertiary alicyclic amines) is 1. The number of benzene rings is 2. The third-order valence-electron chi connectivity index (χ3n) is 7.12. The van der Waals surface area contributed by atoms with Gasteiger partial charge < -0.3 is 4.90 Å². The van der Waals surface area contributed by atoms with Gasteiger partial charge in [-0.25, -0.2) is 13.4 Å². The van der Waals surface area contributed by atoms with Gasteiger partial charge in [-0.1, -0.05) is 38.1 Å². The molecule has 0 saturated carbocycles. The number of nitrogens with zero attached hydrogens (tertiary/aromatic N) is 3. The standard InChI is InChI=1S/C26H31N3O3S2/c1-18(2)19-9-11-21(12-10-19)34(31,32)28-16-13-20(14-17-28)26(30)29-15-5-7-23(29)25-27-22-6-3-4-8-24(22)33-25/h3-4,6,8-12,18,20,23H,5,7,13-17H2,1-2H3. The van der Waals surface area contributed by atoms with Crippen molar-refractivity contribution in [2.75, 3.05) is 19.6 Å². The monoisotopic (exact) mass is 497 g/mol. The molecular formula is C26H31N3O3S2. The molecule has 2 saturated heterocycles. The van der Waals surface area contributed by atoms with Crippen LogP contribution in [-0.4, -0.2) is 48.1 Å². The Morgan fingerprint density at radius 2 is 1.71 bits per heavy atom. The second kappa shape index (κ2) is 9.40. The number of fused-ring (bicyclic) bond motifs is 1. The molecule has 2 fully saturated rings. The van der Waals surface area contributed by atoms with Gasteiger partial charge >= 0.3 is 0 Å². The van der Waals surface area contributed by atoms with E-state index in [9.17, 15) is 13.2 Å². The Morgan fingerprint density at radius 1 is 1.00 bits per heavy atom. The normalized spacial score (nSPS) is 20.4. The third-order valence-corrected chi connectivity index (χ3v) is 10.2. The van der Waals surface area contributed by atoms with E-state index in [0.29, 0.717) is 36.7 Å². The zero-order chi connectivity index (χ0) is 23.9. The minimum absolute atomic E-state index is 0.0335. The molecule has 180 valence electrons. The quantitative estimate of drug-likeness (QED) is 0.487. The number of para-hydroxylation sites is 1. The Labute approximate surface area is 205 Å². The number of rotatable bonds is 5. The first-order valence-electron chi connectivity index (χ1n) is 12.1. The zero-order valence-corrected chi connectivity index (χ0v) is 21.3. The van der Waals surface area contributed by atoms with Crippen LogP contribution in [-0.2, 0) is 14.8 Å². The van der Waals surface area contributed by atoms with Crippen LogP contribution in [0.3, 0.4) is 0 Å². The Balaban J connectivity index is 1.25. The number of amides is 1. The van der Waals surface area contributed by atoms with Gasteiger partial charge in [-0.05, 0) is 61.4 Å². The highest BCUT2D eigenvalue weighted by Gasteiger charge is 2.38. The van der Waals surface area contributed by atoms with Crippen molar-refractivity contribution in [2.24, 2.45) is 5.92 Å². The van der Waals surface area contributed by atoms with E-state index in [4.69, 9.17) is 4.98 Å². The Morgan fingerprint density at radius 3 is 2.38 bits per heavy atom. The van der Waals surface area contributed by atoms with E-state index in [2.05, 4.69) is 19.9 Å². The summed E-state index contributed by atoms with van der Waals surface area (Å²) in [4.78, 5) is 20.6. The number of aromatic nitrogens is 1. The maximum atomic E-state index is 13.5. The summed E-state index contributed by atoms with van der Waals surface area (Å²) in [5, 5.41) is 1.01. The Hall–Kier alpha value is -2.29. The number of hydrogen-bond acceptors (Lipinski definition) is 5. The van der Waals surface area contributed by atoms with Crippen LogP contribution in [0.5, 0.6) is 0 Å². The molecule has 1 unspecified atom stereocenters. The molecule has 2 aliphatic rings. The fraction of sp³-hybridized carbons (Fsp3) is 0.462. The van der Waals surface area contributed by atoms with E-state index in [1.165, 1.54) is 4.31 Å². The summed E-state index contributed by atoms with van der Waals surface area (Å²) in [6.07, 6.45) is 3.04. The molecule has 1 aromatic heterocycles. The van der Waals surface area contributed by atoms with Crippen LogP contribution in [0.15, 0.2) is 53.4 Å². The van der Waals surface area contributed by atoms with Crippen molar-refractivity contribution in [3.8, 4) is 0 Å². The van der Waals surface area contributed by atoms with Crippen molar-refractivity contribution >= 4 is 37.5 Å². The lowest BCUT2D eigenvalue weighted by molar-refractivity contribution is -0.137. The molecule has 34 heavy (non-hydrogen) atoms. The van der Waals surface area contributed by atoms with Crippen molar-refractivity contribution in [1.82, 2.24) is 14.2 Å². The minimum atomic E-state index is -3.54. The number of thiazole rings is 1. The molecule has 0 N–H and O–H groups in total. The predicted octanol–water partition coefficient (Wildman–Crippen LogP) is 5.18. The lowest BCUT2D eigenvalue weighted by atomic mass is 9.96. The average molecular weight is 498 g/mol.